The van der Waals surface area contributed by atoms with Crippen LogP contribution in [0.4, 0.5) is 5.82 Å². The summed E-state index contributed by atoms with van der Waals surface area (Å²) in [6.07, 6.45) is 3.41. The van der Waals surface area contributed by atoms with Gasteiger partial charge in [-0.15, -0.1) is 0 Å². The van der Waals surface area contributed by atoms with Gasteiger partial charge in [0, 0.05) is 29.9 Å². The van der Waals surface area contributed by atoms with E-state index in [1.807, 2.05) is 38.4 Å². The number of halogens is 1. The summed E-state index contributed by atoms with van der Waals surface area (Å²) in [5, 5.41) is 6.89. The van der Waals surface area contributed by atoms with Crippen LogP contribution >= 0.6 is 11.6 Å². The summed E-state index contributed by atoms with van der Waals surface area (Å²) in [4.78, 5) is 18.7. The van der Waals surface area contributed by atoms with E-state index >= 15 is 0 Å². The Morgan fingerprint density at radius 1 is 1.20 bits per heavy atom. The van der Waals surface area contributed by atoms with E-state index in [9.17, 15) is 4.79 Å². The maximum Gasteiger partial charge on any atom is 0.251 e. The van der Waals surface area contributed by atoms with Gasteiger partial charge in [0.15, 0.2) is 0 Å². The minimum Gasteiger partial charge on any atom is -0.370 e. The minimum atomic E-state index is -0.0965. The Balaban J connectivity index is 1.79. The van der Waals surface area contributed by atoms with E-state index < -0.39 is 0 Å². The smallest absolute Gasteiger partial charge is 0.251 e. The first kappa shape index (κ1) is 19.2. The van der Waals surface area contributed by atoms with Crippen LogP contribution in [0.15, 0.2) is 42.6 Å². The number of hydrogen-bond acceptors (Lipinski definition) is 4. The number of aromatic nitrogens is 1. The lowest BCUT2D eigenvalue weighted by atomic mass is 10.1. The Kier molecular flexibility index (Phi) is 7.70. The SMILES string of the molecule is CN(C)CCCNc1cc(C(=O)NCCc2cccc(Cl)c2)ccn1. The third kappa shape index (κ3) is 7.11. The summed E-state index contributed by atoms with van der Waals surface area (Å²) >= 11 is 5.97. The molecule has 5 nitrogen and oxygen atoms in total. The van der Waals surface area contributed by atoms with E-state index in [0.29, 0.717) is 17.1 Å². The van der Waals surface area contributed by atoms with Gasteiger partial charge in [-0.3, -0.25) is 4.79 Å². The van der Waals surface area contributed by atoms with Crippen molar-refractivity contribution in [2.24, 2.45) is 0 Å². The molecule has 0 unspecified atom stereocenters. The highest BCUT2D eigenvalue weighted by atomic mass is 35.5. The van der Waals surface area contributed by atoms with Gasteiger partial charge in [-0.25, -0.2) is 4.98 Å². The van der Waals surface area contributed by atoms with Gasteiger partial charge in [0.1, 0.15) is 5.82 Å². The van der Waals surface area contributed by atoms with Crippen LogP contribution in [0.1, 0.15) is 22.3 Å². The van der Waals surface area contributed by atoms with Crippen LogP contribution in [0, 0.1) is 0 Å². The van der Waals surface area contributed by atoms with Crippen molar-refractivity contribution in [3.8, 4) is 0 Å². The topological polar surface area (TPSA) is 57.3 Å². The van der Waals surface area contributed by atoms with Crippen LogP contribution in [0.3, 0.4) is 0 Å². The van der Waals surface area contributed by atoms with E-state index in [-0.39, 0.29) is 5.91 Å². The molecule has 0 aliphatic heterocycles. The average molecular weight is 361 g/mol. The molecule has 0 bridgehead atoms. The van der Waals surface area contributed by atoms with Crippen LogP contribution in [-0.4, -0.2) is 49.5 Å². The molecule has 0 aliphatic rings. The summed E-state index contributed by atoms with van der Waals surface area (Å²) in [5.41, 5.74) is 1.71. The summed E-state index contributed by atoms with van der Waals surface area (Å²) in [5.74, 6) is 0.627. The average Bonchev–Trinajstić information content (AvgIpc) is 2.59. The predicted octanol–water partition coefficient (Wildman–Crippen LogP) is 3.07. The maximum atomic E-state index is 12.3. The molecular weight excluding hydrogens is 336 g/mol. The summed E-state index contributed by atoms with van der Waals surface area (Å²) in [7, 11) is 4.10. The Morgan fingerprint density at radius 3 is 2.80 bits per heavy atom. The molecule has 0 radical (unpaired) electrons. The van der Waals surface area contributed by atoms with Crippen molar-refractivity contribution in [3.05, 3.63) is 58.7 Å². The maximum absolute atomic E-state index is 12.3. The molecule has 0 spiro atoms. The van der Waals surface area contributed by atoms with Gasteiger partial charge < -0.3 is 15.5 Å². The predicted molar refractivity (Wildman–Crippen MR) is 103 cm³/mol. The highest BCUT2D eigenvalue weighted by molar-refractivity contribution is 6.30. The molecule has 0 fully saturated rings. The van der Waals surface area contributed by atoms with Gasteiger partial charge in [0.25, 0.3) is 5.91 Å². The third-order valence-corrected chi connectivity index (χ3v) is 3.93. The van der Waals surface area contributed by atoms with Gasteiger partial charge in [-0.05, 0) is 63.3 Å². The number of hydrogen-bond donors (Lipinski definition) is 2. The van der Waals surface area contributed by atoms with Gasteiger partial charge >= 0.3 is 0 Å². The van der Waals surface area contributed by atoms with E-state index in [0.717, 1.165) is 37.3 Å². The summed E-state index contributed by atoms with van der Waals surface area (Å²) in [6.45, 7) is 2.40. The number of carbonyl (C=O) groups is 1. The fourth-order valence-electron chi connectivity index (χ4n) is 2.40. The van der Waals surface area contributed by atoms with Crippen LogP contribution in [-0.2, 0) is 6.42 Å². The van der Waals surface area contributed by atoms with E-state index in [1.54, 1.807) is 18.3 Å². The summed E-state index contributed by atoms with van der Waals surface area (Å²) < 4.78 is 0. The second-order valence-corrected chi connectivity index (χ2v) is 6.59. The first-order valence-electron chi connectivity index (χ1n) is 8.42. The van der Waals surface area contributed by atoms with Crippen molar-refractivity contribution in [2.75, 3.05) is 39.0 Å². The van der Waals surface area contributed by atoms with Gasteiger partial charge in [-0.1, -0.05) is 23.7 Å². The van der Waals surface area contributed by atoms with E-state index in [1.165, 1.54) is 0 Å². The van der Waals surface area contributed by atoms with Crippen molar-refractivity contribution in [1.29, 1.82) is 0 Å². The number of amides is 1. The Hall–Kier alpha value is -2.11. The zero-order chi connectivity index (χ0) is 18.1. The molecule has 2 N–H and O–H groups in total. The zero-order valence-corrected chi connectivity index (χ0v) is 15.5. The lowest BCUT2D eigenvalue weighted by molar-refractivity contribution is 0.0954. The number of benzene rings is 1. The highest BCUT2D eigenvalue weighted by Gasteiger charge is 2.06. The quantitative estimate of drug-likeness (QED) is 0.675. The first-order valence-corrected chi connectivity index (χ1v) is 8.79. The second kappa shape index (κ2) is 10.0. The fourth-order valence-corrected chi connectivity index (χ4v) is 2.61. The van der Waals surface area contributed by atoms with Crippen molar-refractivity contribution < 1.29 is 4.79 Å². The van der Waals surface area contributed by atoms with Crippen molar-refractivity contribution in [1.82, 2.24) is 15.2 Å². The lowest BCUT2D eigenvalue weighted by Gasteiger charge is -2.11. The molecule has 134 valence electrons. The molecule has 1 aromatic heterocycles. The van der Waals surface area contributed by atoms with Crippen molar-refractivity contribution >= 4 is 23.3 Å². The number of nitrogens with one attached hydrogen (secondary N) is 2. The number of pyridine rings is 1. The van der Waals surface area contributed by atoms with Crippen LogP contribution in [0.5, 0.6) is 0 Å². The van der Waals surface area contributed by atoms with Gasteiger partial charge in [-0.2, -0.15) is 0 Å². The molecule has 1 heterocycles. The number of carbonyl (C=O) groups excluding carboxylic acids is 1. The minimum absolute atomic E-state index is 0.0965. The summed E-state index contributed by atoms with van der Waals surface area (Å²) in [6, 6.07) is 11.2. The Morgan fingerprint density at radius 2 is 2.04 bits per heavy atom. The molecule has 2 rings (SSSR count). The van der Waals surface area contributed by atoms with Crippen LogP contribution in [0.25, 0.3) is 0 Å². The Bertz CT molecular complexity index is 691. The highest BCUT2D eigenvalue weighted by Crippen LogP contribution is 2.11. The molecular formula is C19H25ClN4O. The molecule has 2 aromatic rings. The number of nitrogens with zero attached hydrogens (tertiary/aromatic N) is 2. The molecule has 1 aromatic carbocycles. The molecule has 6 heteroatoms. The molecule has 25 heavy (non-hydrogen) atoms. The second-order valence-electron chi connectivity index (χ2n) is 6.15. The van der Waals surface area contributed by atoms with E-state index in [4.69, 9.17) is 11.6 Å². The molecule has 0 saturated carbocycles. The molecule has 0 atom stereocenters. The van der Waals surface area contributed by atoms with Crippen LogP contribution in [0.2, 0.25) is 5.02 Å². The normalized spacial score (nSPS) is 10.7. The van der Waals surface area contributed by atoms with Crippen LogP contribution < -0.4 is 10.6 Å². The molecule has 0 saturated heterocycles. The number of rotatable bonds is 9. The lowest BCUT2D eigenvalue weighted by Crippen LogP contribution is -2.25. The monoisotopic (exact) mass is 360 g/mol. The molecule has 0 aliphatic carbocycles. The van der Waals surface area contributed by atoms with Crippen molar-refractivity contribution in [3.63, 3.8) is 0 Å². The Labute approximate surface area is 154 Å². The largest absolute Gasteiger partial charge is 0.370 e. The van der Waals surface area contributed by atoms with E-state index in [2.05, 4.69) is 20.5 Å². The standard InChI is InChI=1S/C19H25ClN4O/c1-24(2)12-4-9-21-18-14-16(8-11-22-18)19(25)23-10-7-15-5-3-6-17(20)13-15/h3,5-6,8,11,13-14H,4,7,9-10,12H2,1-2H3,(H,21,22)(H,23,25). The molecule has 1 amide bonds. The van der Waals surface area contributed by atoms with Crippen molar-refractivity contribution in [2.45, 2.75) is 12.8 Å². The fraction of sp³-hybridized carbons (Fsp3) is 0.368. The van der Waals surface area contributed by atoms with Gasteiger partial charge in [0.05, 0.1) is 0 Å². The van der Waals surface area contributed by atoms with Gasteiger partial charge in [0.2, 0.25) is 0 Å². The zero-order valence-electron chi connectivity index (χ0n) is 14.8. The third-order valence-electron chi connectivity index (χ3n) is 3.70. The first-order chi connectivity index (χ1) is 12.0. The number of anilines is 1.